The molecule has 0 unspecified atom stereocenters. The van der Waals surface area contributed by atoms with Gasteiger partial charge in [-0.1, -0.05) is 24.3 Å². The highest BCUT2D eigenvalue weighted by molar-refractivity contribution is 7.17. The molecule has 0 aliphatic carbocycles. The molecule has 0 bridgehead atoms. The molecule has 0 saturated carbocycles. The Morgan fingerprint density at radius 1 is 1.19 bits per heavy atom. The van der Waals surface area contributed by atoms with Crippen LogP contribution in [-0.4, -0.2) is 18.0 Å². The highest BCUT2D eigenvalue weighted by atomic mass is 32.1. The molecule has 0 aliphatic rings. The number of primary amides is 1. The van der Waals surface area contributed by atoms with Crippen LogP contribution < -0.4 is 15.8 Å². The molecule has 0 atom stereocenters. The number of hydrogen-bond donors (Lipinski definition) is 2. The number of hydrogen-bond acceptors (Lipinski definition) is 5. The second kappa shape index (κ2) is 7.28. The first-order valence-corrected chi connectivity index (χ1v) is 8.49. The first-order chi connectivity index (χ1) is 12.8. The lowest BCUT2D eigenvalue weighted by atomic mass is 10.1. The number of anilines is 2. The number of nitrogens with two attached hydrogens (primary N) is 1. The molecule has 0 aliphatic heterocycles. The lowest BCUT2D eigenvalue weighted by molar-refractivity contribution is -0.136. The van der Waals surface area contributed by atoms with E-state index in [4.69, 9.17) is 10.5 Å². The van der Waals surface area contributed by atoms with E-state index in [-0.39, 0.29) is 16.4 Å². The lowest BCUT2D eigenvalue weighted by Crippen LogP contribution is -2.13. The second-order valence-electron chi connectivity index (χ2n) is 5.46. The standard InChI is InChI=1S/C18H14F3N3O2S/c1-26-11-6-4-5-10(9-11)17-24-16(14(27-17)15(22)25)23-13-8-3-2-7-12(13)18(19,20)21/h2-9,23H,1H3,(H2,22,25). The molecule has 1 amide bonds. The van der Waals surface area contributed by atoms with Gasteiger partial charge in [0.25, 0.3) is 5.91 Å². The van der Waals surface area contributed by atoms with Gasteiger partial charge in [-0.05, 0) is 24.3 Å². The first-order valence-electron chi connectivity index (χ1n) is 7.68. The zero-order valence-corrected chi connectivity index (χ0v) is 14.8. The van der Waals surface area contributed by atoms with Crippen LogP contribution in [0.2, 0.25) is 0 Å². The van der Waals surface area contributed by atoms with Crippen molar-refractivity contribution < 1.29 is 22.7 Å². The average molecular weight is 393 g/mol. The number of aromatic nitrogens is 1. The molecule has 3 rings (SSSR count). The quantitative estimate of drug-likeness (QED) is 0.660. The van der Waals surface area contributed by atoms with Crippen LogP contribution in [0.3, 0.4) is 0 Å². The molecule has 0 radical (unpaired) electrons. The summed E-state index contributed by atoms with van der Waals surface area (Å²) in [6, 6.07) is 11.9. The summed E-state index contributed by atoms with van der Waals surface area (Å²) in [6.07, 6.45) is -4.55. The van der Waals surface area contributed by atoms with Crippen LogP contribution in [0.1, 0.15) is 15.2 Å². The number of carbonyl (C=O) groups excluding carboxylic acids is 1. The minimum absolute atomic E-state index is 0.0259. The number of ether oxygens (including phenoxy) is 1. The first kappa shape index (κ1) is 18.7. The van der Waals surface area contributed by atoms with Crippen LogP contribution in [0.5, 0.6) is 5.75 Å². The van der Waals surface area contributed by atoms with Gasteiger partial charge in [-0.3, -0.25) is 4.79 Å². The fourth-order valence-electron chi connectivity index (χ4n) is 2.42. The zero-order valence-electron chi connectivity index (χ0n) is 14.0. The van der Waals surface area contributed by atoms with E-state index in [0.717, 1.165) is 17.4 Å². The van der Waals surface area contributed by atoms with E-state index >= 15 is 0 Å². The number of nitrogens with one attached hydrogen (secondary N) is 1. The maximum absolute atomic E-state index is 13.2. The molecule has 3 aromatic rings. The van der Waals surface area contributed by atoms with Gasteiger partial charge in [0.15, 0.2) is 5.82 Å². The smallest absolute Gasteiger partial charge is 0.418 e. The Labute approximate surface area is 156 Å². The Morgan fingerprint density at radius 2 is 1.93 bits per heavy atom. The van der Waals surface area contributed by atoms with E-state index in [1.54, 1.807) is 24.3 Å². The number of carbonyl (C=O) groups is 1. The number of halogens is 3. The van der Waals surface area contributed by atoms with Crippen LogP contribution in [0, 0.1) is 0 Å². The Balaban J connectivity index is 2.04. The third-order valence-electron chi connectivity index (χ3n) is 3.65. The van der Waals surface area contributed by atoms with Gasteiger partial charge in [-0.25, -0.2) is 4.98 Å². The Hall–Kier alpha value is -3.07. The Morgan fingerprint density at radius 3 is 2.59 bits per heavy atom. The highest BCUT2D eigenvalue weighted by Gasteiger charge is 2.33. The molecular weight excluding hydrogens is 379 g/mol. The van der Waals surface area contributed by atoms with Gasteiger partial charge in [-0.2, -0.15) is 13.2 Å². The van der Waals surface area contributed by atoms with Gasteiger partial charge in [0.1, 0.15) is 15.6 Å². The van der Waals surface area contributed by atoms with Crippen LogP contribution in [0.25, 0.3) is 10.6 Å². The van der Waals surface area contributed by atoms with Crippen LogP contribution >= 0.6 is 11.3 Å². The van der Waals surface area contributed by atoms with E-state index in [1.807, 2.05) is 0 Å². The molecule has 140 valence electrons. The number of nitrogens with zero attached hydrogens (tertiary/aromatic N) is 1. The van der Waals surface area contributed by atoms with Crippen molar-refractivity contribution in [1.82, 2.24) is 4.98 Å². The summed E-state index contributed by atoms with van der Waals surface area (Å²) in [5.41, 5.74) is 4.96. The van der Waals surface area contributed by atoms with Crippen LogP contribution in [-0.2, 0) is 6.18 Å². The van der Waals surface area contributed by atoms with Crippen molar-refractivity contribution in [2.45, 2.75) is 6.18 Å². The minimum atomic E-state index is -4.55. The van der Waals surface area contributed by atoms with Crippen molar-refractivity contribution in [1.29, 1.82) is 0 Å². The van der Waals surface area contributed by atoms with Crippen molar-refractivity contribution in [2.75, 3.05) is 12.4 Å². The zero-order chi connectivity index (χ0) is 19.6. The van der Waals surface area contributed by atoms with E-state index in [0.29, 0.717) is 16.3 Å². The number of thiazole rings is 1. The molecule has 0 spiro atoms. The molecule has 3 N–H and O–H groups in total. The molecule has 1 aromatic heterocycles. The summed E-state index contributed by atoms with van der Waals surface area (Å²) in [5, 5.41) is 3.02. The topological polar surface area (TPSA) is 77.2 Å². The molecule has 1 heterocycles. The molecule has 5 nitrogen and oxygen atoms in total. The summed E-state index contributed by atoms with van der Waals surface area (Å²) >= 11 is 0.988. The summed E-state index contributed by atoms with van der Waals surface area (Å²) in [4.78, 5) is 16.1. The van der Waals surface area contributed by atoms with Crippen molar-refractivity contribution in [3.05, 3.63) is 59.0 Å². The van der Waals surface area contributed by atoms with Gasteiger partial charge in [-0.15, -0.1) is 11.3 Å². The van der Waals surface area contributed by atoms with E-state index < -0.39 is 17.6 Å². The number of rotatable bonds is 5. The van der Waals surface area contributed by atoms with Gasteiger partial charge >= 0.3 is 6.18 Å². The predicted molar refractivity (Wildman–Crippen MR) is 97.3 cm³/mol. The van der Waals surface area contributed by atoms with Crippen LogP contribution in [0.15, 0.2) is 48.5 Å². The summed E-state index contributed by atoms with van der Waals surface area (Å²) in [6.45, 7) is 0. The molecule has 2 aromatic carbocycles. The van der Waals surface area contributed by atoms with Gasteiger partial charge in [0.05, 0.1) is 18.4 Å². The van der Waals surface area contributed by atoms with E-state index in [2.05, 4.69) is 10.3 Å². The van der Waals surface area contributed by atoms with E-state index in [9.17, 15) is 18.0 Å². The normalized spacial score (nSPS) is 11.3. The predicted octanol–water partition coefficient (Wildman–Crippen LogP) is 4.68. The summed E-state index contributed by atoms with van der Waals surface area (Å²) < 4.78 is 44.8. The van der Waals surface area contributed by atoms with Crippen molar-refractivity contribution in [2.24, 2.45) is 5.73 Å². The fraction of sp³-hybridized carbons (Fsp3) is 0.111. The molecule has 27 heavy (non-hydrogen) atoms. The minimum Gasteiger partial charge on any atom is -0.497 e. The summed E-state index contributed by atoms with van der Waals surface area (Å²) in [5.74, 6) is -0.226. The highest BCUT2D eigenvalue weighted by Crippen LogP contribution is 2.38. The van der Waals surface area contributed by atoms with Gasteiger partial charge in [0.2, 0.25) is 0 Å². The largest absolute Gasteiger partial charge is 0.497 e. The fourth-order valence-corrected chi connectivity index (χ4v) is 3.29. The molecule has 0 saturated heterocycles. The number of alkyl halides is 3. The molecular formula is C18H14F3N3O2S. The van der Waals surface area contributed by atoms with Crippen LogP contribution in [0.4, 0.5) is 24.7 Å². The Kier molecular flexibility index (Phi) is 5.04. The monoisotopic (exact) mass is 393 g/mol. The van der Waals surface area contributed by atoms with Crippen molar-refractivity contribution in [3.8, 4) is 16.3 Å². The second-order valence-corrected chi connectivity index (χ2v) is 6.46. The van der Waals surface area contributed by atoms with E-state index in [1.165, 1.54) is 25.3 Å². The third-order valence-corrected chi connectivity index (χ3v) is 4.77. The maximum Gasteiger partial charge on any atom is 0.418 e. The lowest BCUT2D eigenvalue weighted by Gasteiger charge is -2.13. The third kappa shape index (κ3) is 4.03. The Bertz CT molecular complexity index is 986. The van der Waals surface area contributed by atoms with Crippen molar-refractivity contribution >= 4 is 28.7 Å². The summed E-state index contributed by atoms with van der Waals surface area (Å²) in [7, 11) is 1.51. The number of para-hydroxylation sites is 1. The molecule has 0 fully saturated rings. The maximum atomic E-state index is 13.2. The van der Waals surface area contributed by atoms with Crippen molar-refractivity contribution in [3.63, 3.8) is 0 Å². The van der Waals surface area contributed by atoms with Gasteiger partial charge in [0, 0.05) is 5.56 Å². The SMILES string of the molecule is COc1cccc(-c2nc(Nc3ccccc3C(F)(F)F)c(C(N)=O)s2)c1. The number of benzene rings is 2. The number of amides is 1. The van der Waals surface area contributed by atoms with Gasteiger partial charge < -0.3 is 15.8 Å². The number of methoxy groups -OCH3 is 1. The average Bonchev–Trinajstić information content (AvgIpc) is 3.05. The molecule has 9 heteroatoms.